The Bertz CT molecular complexity index is 2860. The molecule has 6 aliphatic rings. The van der Waals surface area contributed by atoms with Crippen molar-refractivity contribution in [2.75, 3.05) is 49.5 Å². The van der Waals surface area contributed by atoms with Gasteiger partial charge in [0, 0.05) is 68.7 Å². The molecule has 4 saturated heterocycles. The summed E-state index contributed by atoms with van der Waals surface area (Å²) in [5.41, 5.74) is 4.53. The summed E-state index contributed by atoms with van der Waals surface area (Å²) < 4.78 is 18.7. The number of anilines is 3. The number of pyridine rings is 1. The number of aliphatic hydroxyl groups is 1. The fourth-order valence-electron chi connectivity index (χ4n) is 11.5. The first-order chi connectivity index (χ1) is 32.5. The molecule has 17 heteroatoms. The minimum absolute atomic E-state index is 0.180. The summed E-state index contributed by atoms with van der Waals surface area (Å²) in [6, 6.07) is 15.6. The van der Waals surface area contributed by atoms with Crippen LogP contribution in [-0.2, 0) is 34.7 Å². The molecule has 0 spiro atoms. The molecule has 4 fully saturated rings. The maximum atomic E-state index is 15.4. The number of hydrogen-bond acceptors (Lipinski definition) is 12. The summed E-state index contributed by atoms with van der Waals surface area (Å²) in [5, 5.41) is 17.3. The fraction of sp³-hybridized carbons (Fsp3) is 0.460. The molecule has 3 N–H and O–H groups in total. The molecule has 16 nitrogen and oxygen atoms in total. The quantitative estimate of drug-likeness (QED) is 0.121. The van der Waals surface area contributed by atoms with Gasteiger partial charge in [0.25, 0.3) is 11.5 Å². The summed E-state index contributed by atoms with van der Waals surface area (Å²) >= 11 is 0. The first-order valence-corrected chi connectivity index (χ1v) is 23.9. The van der Waals surface area contributed by atoms with Crippen LogP contribution >= 0.6 is 0 Å². The van der Waals surface area contributed by atoms with E-state index in [1.54, 1.807) is 27.7 Å². The Morgan fingerprint density at radius 2 is 1.66 bits per heavy atom. The monoisotopic (exact) mass is 909 g/mol. The van der Waals surface area contributed by atoms with Gasteiger partial charge in [-0.25, -0.2) is 23.7 Å². The molecule has 0 saturated carbocycles. The number of fused-ring (bicyclic) bond motifs is 3. The maximum absolute atomic E-state index is 15.4. The molecule has 0 bridgehead atoms. The molecule has 5 aliphatic heterocycles. The van der Waals surface area contributed by atoms with Crippen LogP contribution in [0.4, 0.5) is 21.7 Å². The van der Waals surface area contributed by atoms with Crippen molar-refractivity contribution in [1.29, 1.82) is 0 Å². The van der Waals surface area contributed by atoms with E-state index in [0.29, 0.717) is 70.6 Å². The number of carbonyl (C=O) groups is 3. The van der Waals surface area contributed by atoms with Gasteiger partial charge in [-0.3, -0.25) is 29.4 Å². The summed E-state index contributed by atoms with van der Waals surface area (Å²) in [5.74, 6) is -0.250. The number of aryl methyl sites for hydroxylation is 1. The van der Waals surface area contributed by atoms with Crippen molar-refractivity contribution in [3.63, 3.8) is 0 Å². The highest BCUT2D eigenvalue weighted by atomic mass is 19.1. The number of rotatable bonds is 11. The third-order valence-corrected chi connectivity index (χ3v) is 15.5. The molecule has 8 heterocycles. The number of nitrogens with zero attached hydrogens (tertiary/aromatic N) is 9. The minimum Gasteiger partial charge on any atom is -0.384 e. The van der Waals surface area contributed by atoms with Gasteiger partial charge in [0.1, 0.15) is 22.8 Å². The second-order valence-electron chi connectivity index (χ2n) is 19.2. The Morgan fingerprint density at radius 3 is 2.39 bits per heavy atom. The lowest BCUT2D eigenvalue weighted by molar-refractivity contribution is -0.136. The highest BCUT2D eigenvalue weighted by molar-refractivity contribution is 6.05. The minimum atomic E-state index is -0.999. The number of hydrogen-bond donors (Lipinski definition) is 3. The molecule has 5 aromatic rings. The van der Waals surface area contributed by atoms with E-state index >= 15 is 4.39 Å². The van der Waals surface area contributed by atoms with E-state index < -0.39 is 23.4 Å². The molecule has 3 aromatic heterocycles. The van der Waals surface area contributed by atoms with Gasteiger partial charge >= 0.3 is 0 Å². The number of amides is 3. The van der Waals surface area contributed by atoms with E-state index in [1.165, 1.54) is 16.5 Å². The molecule has 2 atom stereocenters. The molecule has 67 heavy (non-hydrogen) atoms. The summed E-state index contributed by atoms with van der Waals surface area (Å²) in [7, 11) is 0. The van der Waals surface area contributed by atoms with E-state index in [0.717, 1.165) is 88.2 Å². The highest BCUT2D eigenvalue weighted by Gasteiger charge is 2.42. The number of allylic oxidation sites excluding steroid dienone is 1. The Balaban J connectivity index is 0.672. The van der Waals surface area contributed by atoms with Crippen molar-refractivity contribution in [2.24, 2.45) is 0 Å². The van der Waals surface area contributed by atoms with Crippen molar-refractivity contribution in [3.8, 4) is 5.82 Å². The number of carbonyl (C=O) groups excluding carboxylic acids is 3. The molecular weight excluding hydrogens is 854 g/mol. The highest BCUT2D eigenvalue weighted by Crippen LogP contribution is 2.39. The third kappa shape index (κ3) is 7.70. The van der Waals surface area contributed by atoms with Crippen LogP contribution < -0.4 is 21.1 Å². The van der Waals surface area contributed by atoms with Crippen molar-refractivity contribution in [3.05, 3.63) is 112 Å². The lowest BCUT2D eigenvalue weighted by Gasteiger charge is -2.50. The van der Waals surface area contributed by atoms with Crippen LogP contribution in [0.2, 0.25) is 0 Å². The van der Waals surface area contributed by atoms with Crippen LogP contribution in [-0.4, -0.2) is 119 Å². The topological polar surface area (TPSA) is 174 Å². The smallest absolute Gasteiger partial charge is 0.278 e. The summed E-state index contributed by atoms with van der Waals surface area (Å²) in [6.45, 7) is 11.9. The van der Waals surface area contributed by atoms with Gasteiger partial charge in [-0.2, -0.15) is 4.98 Å². The molecule has 348 valence electrons. The number of likely N-dealkylation sites (tertiary alicyclic amines) is 2. The third-order valence-electron chi connectivity index (χ3n) is 15.5. The standard InChI is InChI=1S/C50H56FN11O5/c1-3-19-61-48(66)38-26-52-49(56-45(38)62(61)42-11-7-32-13-18-50(67,4-2)44(32)54-42)53-34-8-5-30(6-9-34)31-14-20-57(21-15-31)35-16-22-58(23-17-35)36-28-59(29-36)41-24-33-27-60(47(65)37(33)25-39(41)51)40-10-12-43(63)55-46(40)64/h3,5-9,11,24-26,31,35-36,40,67H,1,4,10,12-23,27-29H2,2H3,(H,52,53,56)(H,55,63,64)/t40?,50-/m0/s1. The number of benzene rings is 2. The Kier molecular flexibility index (Phi) is 11.0. The molecule has 2 aromatic carbocycles. The van der Waals surface area contributed by atoms with E-state index in [2.05, 4.69) is 61.2 Å². The van der Waals surface area contributed by atoms with E-state index in [4.69, 9.17) is 9.97 Å². The van der Waals surface area contributed by atoms with Gasteiger partial charge in [0.05, 0.1) is 17.9 Å². The van der Waals surface area contributed by atoms with Gasteiger partial charge in [-0.05, 0) is 117 Å². The molecular formula is C50H56FN11O5. The average molecular weight is 910 g/mol. The first-order valence-electron chi connectivity index (χ1n) is 23.9. The van der Waals surface area contributed by atoms with Crippen LogP contribution in [0, 0.1) is 5.82 Å². The second-order valence-corrected chi connectivity index (χ2v) is 19.2. The first kappa shape index (κ1) is 43.3. The van der Waals surface area contributed by atoms with Gasteiger partial charge in [-0.15, -0.1) is 6.58 Å². The van der Waals surface area contributed by atoms with Crippen molar-refractivity contribution in [2.45, 2.75) is 107 Å². The van der Waals surface area contributed by atoms with Gasteiger partial charge in [0.15, 0.2) is 11.5 Å². The van der Waals surface area contributed by atoms with Crippen molar-refractivity contribution >= 4 is 46.1 Å². The van der Waals surface area contributed by atoms with E-state index in [9.17, 15) is 24.3 Å². The largest absolute Gasteiger partial charge is 0.384 e. The molecule has 11 rings (SSSR count). The predicted molar refractivity (Wildman–Crippen MR) is 250 cm³/mol. The van der Waals surface area contributed by atoms with Crippen LogP contribution in [0.5, 0.6) is 0 Å². The van der Waals surface area contributed by atoms with Crippen LogP contribution in [0.3, 0.4) is 0 Å². The second kappa shape index (κ2) is 17.1. The Morgan fingerprint density at radius 1 is 0.910 bits per heavy atom. The number of halogens is 1. The number of imide groups is 1. The zero-order chi connectivity index (χ0) is 46.1. The molecule has 0 radical (unpaired) electrons. The lowest BCUT2D eigenvalue weighted by atomic mass is 9.87. The van der Waals surface area contributed by atoms with Gasteiger partial charge in [0.2, 0.25) is 17.8 Å². The van der Waals surface area contributed by atoms with Gasteiger partial charge < -0.3 is 25.1 Å². The van der Waals surface area contributed by atoms with E-state index in [1.807, 2.05) is 19.1 Å². The summed E-state index contributed by atoms with van der Waals surface area (Å²) in [4.78, 5) is 73.8. The van der Waals surface area contributed by atoms with Crippen LogP contribution in [0.1, 0.15) is 97.0 Å². The molecule has 3 amide bonds. The zero-order valence-electron chi connectivity index (χ0n) is 37.8. The SMILES string of the molecule is C=CCn1c(=O)c2cnc(Nc3ccc(C4CCN(C5CCN(C6CN(c7cc8c(cc7F)C(=O)N(C7CCC(=O)NC7=O)C8)C6)CC5)CC4)cc3)nc2n1-c1ccc2c(n1)[C@](O)(CC)CC2. The van der Waals surface area contributed by atoms with E-state index in [-0.39, 0.29) is 43.3 Å². The Hall–Kier alpha value is -6.30. The predicted octanol–water partition coefficient (Wildman–Crippen LogP) is 4.88. The Labute approximate surface area is 387 Å². The number of piperidine rings is 3. The van der Waals surface area contributed by atoms with Gasteiger partial charge in [-0.1, -0.05) is 31.2 Å². The number of nitrogens with one attached hydrogen (secondary N) is 2. The molecule has 1 unspecified atom stereocenters. The van der Waals surface area contributed by atoms with Crippen molar-refractivity contribution in [1.82, 2.24) is 44.3 Å². The van der Waals surface area contributed by atoms with Crippen molar-refractivity contribution < 1.29 is 23.9 Å². The lowest BCUT2D eigenvalue weighted by Crippen LogP contribution is -2.62. The number of aromatic nitrogens is 5. The molecule has 1 aliphatic carbocycles. The maximum Gasteiger partial charge on any atom is 0.278 e. The average Bonchev–Trinajstić information content (AvgIpc) is 3.93. The van der Waals surface area contributed by atoms with Crippen LogP contribution in [0.25, 0.3) is 16.9 Å². The fourth-order valence-corrected chi connectivity index (χ4v) is 11.5. The normalized spacial score (nSPS) is 23.1. The zero-order valence-corrected chi connectivity index (χ0v) is 37.8. The van der Waals surface area contributed by atoms with Crippen LogP contribution in [0.15, 0.2) is 72.2 Å². The summed E-state index contributed by atoms with van der Waals surface area (Å²) in [6.07, 6.45) is 10.0.